The van der Waals surface area contributed by atoms with E-state index in [2.05, 4.69) is 13.0 Å². The summed E-state index contributed by atoms with van der Waals surface area (Å²) >= 11 is 0. The van der Waals surface area contributed by atoms with Crippen LogP contribution in [0.3, 0.4) is 0 Å². The average molecular weight is 234 g/mol. The van der Waals surface area contributed by atoms with Crippen molar-refractivity contribution in [2.24, 2.45) is 17.3 Å². The van der Waals surface area contributed by atoms with Gasteiger partial charge in [0.05, 0.1) is 6.07 Å². The minimum absolute atomic E-state index is 0.0602. The minimum Gasteiger partial charge on any atom is -0.344 e. The van der Waals surface area contributed by atoms with Crippen molar-refractivity contribution >= 4 is 5.91 Å². The molecule has 0 aromatic rings. The lowest BCUT2D eigenvalue weighted by Gasteiger charge is -2.41. The Labute approximate surface area is 104 Å². The fourth-order valence-electron chi connectivity index (χ4n) is 3.47. The third-order valence-electron chi connectivity index (χ3n) is 4.37. The molecule has 2 aliphatic rings. The average Bonchev–Trinajstić information content (AvgIpc) is 2.76. The molecular formula is C14H22N2O. The van der Waals surface area contributed by atoms with Gasteiger partial charge in [-0.2, -0.15) is 5.26 Å². The van der Waals surface area contributed by atoms with E-state index in [9.17, 15) is 10.1 Å². The van der Waals surface area contributed by atoms with Crippen LogP contribution in [0, 0.1) is 28.6 Å². The van der Waals surface area contributed by atoms with Crippen molar-refractivity contribution in [2.75, 3.05) is 13.6 Å². The number of hydrogen-bond acceptors (Lipinski definition) is 2. The number of carbonyl (C=O) groups excluding carboxylic acids is 1. The number of nitrogens with zero attached hydrogens (tertiary/aromatic N) is 2. The van der Waals surface area contributed by atoms with E-state index in [4.69, 9.17) is 0 Å². The first-order valence-corrected chi connectivity index (χ1v) is 6.74. The molecular weight excluding hydrogens is 212 g/mol. The molecule has 2 aliphatic carbocycles. The molecule has 2 fully saturated rings. The lowest BCUT2D eigenvalue weighted by molar-refractivity contribution is -0.144. The predicted molar refractivity (Wildman–Crippen MR) is 66.0 cm³/mol. The van der Waals surface area contributed by atoms with E-state index in [0.717, 1.165) is 19.4 Å². The van der Waals surface area contributed by atoms with Crippen LogP contribution in [0.2, 0.25) is 0 Å². The summed E-state index contributed by atoms with van der Waals surface area (Å²) in [5.41, 5.74) is -0.688. The molecule has 17 heavy (non-hydrogen) atoms. The molecule has 0 radical (unpaired) electrons. The van der Waals surface area contributed by atoms with E-state index in [0.29, 0.717) is 11.8 Å². The van der Waals surface area contributed by atoms with Crippen LogP contribution in [-0.4, -0.2) is 24.4 Å². The van der Waals surface area contributed by atoms with Crippen LogP contribution >= 0.6 is 0 Å². The summed E-state index contributed by atoms with van der Waals surface area (Å²) in [7, 11) is 1.86. The molecule has 1 amide bonds. The molecule has 0 heterocycles. The van der Waals surface area contributed by atoms with Crippen molar-refractivity contribution in [1.82, 2.24) is 4.90 Å². The molecule has 0 spiro atoms. The Bertz CT molecular complexity index is 333. The first-order chi connectivity index (χ1) is 8.07. The lowest BCUT2D eigenvalue weighted by Crippen LogP contribution is -2.49. The van der Waals surface area contributed by atoms with Crippen LogP contribution < -0.4 is 0 Å². The van der Waals surface area contributed by atoms with Crippen LogP contribution in [0.25, 0.3) is 0 Å². The Kier molecular flexibility index (Phi) is 3.42. The van der Waals surface area contributed by atoms with Crippen LogP contribution in [-0.2, 0) is 4.79 Å². The Balaban J connectivity index is 1.92. The highest BCUT2D eigenvalue weighted by molar-refractivity contribution is 5.86. The fraction of sp³-hybridized carbons (Fsp3) is 0.857. The summed E-state index contributed by atoms with van der Waals surface area (Å²) in [4.78, 5) is 14.1. The normalized spacial score (nSPS) is 32.9. The van der Waals surface area contributed by atoms with E-state index in [1.54, 1.807) is 0 Å². The summed E-state index contributed by atoms with van der Waals surface area (Å²) in [6, 6.07) is 2.26. The summed E-state index contributed by atoms with van der Waals surface area (Å²) in [5.74, 6) is 1.25. The highest BCUT2D eigenvalue weighted by Crippen LogP contribution is 2.46. The van der Waals surface area contributed by atoms with E-state index in [1.165, 1.54) is 25.7 Å². The molecule has 0 bridgehead atoms. The topological polar surface area (TPSA) is 44.1 Å². The van der Waals surface area contributed by atoms with Gasteiger partial charge in [-0.05, 0) is 37.5 Å². The highest BCUT2D eigenvalue weighted by atomic mass is 16.2. The molecule has 0 atom stereocenters. The standard InChI is InChI=1S/C14H22N2O/c1-11-7-14(8-11,10-15)13(17)16(2)9-12-5-3-4-6-12/h11-12H,3-9H2,1-2H3. The molecule has 0 N–H and O–H groups in total. The van der Waals surface area contributed by atoms with Crippen molar-refractivity contribution in [1.29, 1.82) is 5.26 Å². The third kappa shape index (κ3) is 2.31. The van der Waals surface area contributed by atoms with Gasteiger partial charge in [0.2, 0.25) is 5.91 Å². The van der Waals surface area contributed by atoms with Gasteiger partial charge >= 0.3 is 0 Å². The van der Waals surface area contributed by atoms with Gasteiger partial charge in [0.25, 0.3) is 0 Å². The van der Waals surface area contributed by atoms with Crippen molar-refractivity contribution in [3.8, 4) is 6.07 Å². The predicted octanol–water partition coefficient (Wildman–Crippen LogP) is 2.57. The maximum absolute atomic E-state index is 12.3. The molecule has 0 aliphatic heterocycles. The van der Waals surface area contributed by atoms with Gasteiger partial charge < -0.3 is 4.90 Å². The second kappa shape index (κ2) is 4.68. The van der Waals surface area contributed by atoms with Gasteiger partial charge in [0, 0.05) is 13.6 Å². The van der Waals surface area contributed by atoms with Gasteiger partial charge in [-0.1, -0.05) is 19.8 Å². The first-order valence-electron chi connectivity index (χ1n) is 6.74. The van der Waals surface area contributed by atoms with E-state index in [-0.39, 0.29) is 5.91 Å². The maximum atomic E-state index is 12.3. The second-order valence-electron chi connectivity index (χ2n) is 6.04. The number of hydrogen-bond donors (Lipinski definition) is 0. The summed E-state index contributed by atoms with van der Waals surface area (Å²) < 4.78 is 0. The zero-order valence-corrected chi connectivity index (χ0v) is 10.9. The second-order valence-corrected chi connectivity index (χ2v) is 6.04. The number of rotatable bonds is 3. The SMILES string of the molecule is CC1CC(C#N)(C(=O)N(C)CC2CCCC2)C1. The van der Waals surface area contributed by atoms with Gasteiger partial charge in [-0.3, -0.25) is 4.79 Å². The molecule has 0 unspecified atom stereocenters. The minimum atomic E-state index is -0.688. The largest absolute Gasteiger partial charge is 0.344 e. The van der Waals surface area contributed by atoms with Gasteiger partial charge in [-0.15, -0.1) is 0 Å². The highest BCUT2D eigenvalue weighted by Gasteiger charge is 2.50. The zero-order chi connectivity index (χ0) is 12.5. The maximum Gasteiger partial charge on any atom is 0.242 e. The van der Waals surface area contributed by atoms with Gasteiger partial charge in [0.15, 0.2) is 0 Å². The van der Waals surface area contributed by atoms with Crippen LogP contribution in [0.15, 0.2) is 0 Å². The summed E-state index contributed by atoms with van der Waals surface area (Å²) in [6.07, 6.45) is 6.58. The van der Waals surface area contributed by atoms with Crippen molar-refractivity contribution in [2.45, 2.75) is 45.4 Å². The molecule has 0 aromatic carbocycles. The molecule has 2 saturated carbocycles. The van der Waals surface area contributed by atoms with Gasteiger partial charge in [-0.25, -0.2) is 0 Å². The van der Waals surface area contributed by atoms with E-state index in [1.807, 2.05) is 11.9 Å². The Morgan fingerprint density at radius 3 is 2.47 bits per heavy atom. The fourth-order valence-corrected chi connectivity index (χ4v) is 3.47. The van der Waals surface area contributed by atoms with E-state index < -0.39 is 5.41 Å². The number of amides is 1. The Hall–Kier alpha value is -1.04. The smallest absolute Gasteiger partial charge is 0.242 e. The first kappa shape index (κ1) is 12.4. The monoisotopic (exact) mass is 234 g/mol. The summed E-state index contributed by atoms with van der Waals surface area (Å²) in [5, 5.41) is 9.24. The molecule has 2 rings (SSSR count). The molecule has 3 nitrogen and oxygen atoms in total. The molecule has 3 heteroatoms. The van der Waals surface area contributed by atoms with Crippen molar-refractivity contribution in [3.05, 3.63) is 0 Å². The molecule has 0 aromatic heterocycles. The Morgan fingerprint density at radius 1 is 1.41 bits per heavy atom. The van der Waals surface area contributed by atoms with Crippen molar-refractivity contribution < 1.29 is 4.79 Å². The lowest BCUT2D eigenvalue weighted by atomic mass is 9.63. The number of nitriles is 1. The molecule has 0 saturated heterocycles. The van der Waals surface area contributed by atoms with Gasteiger partial charge in [0.1, 0.15) is 5.41 Å². The summed E-state index contributed by atoms with van der Waals surface area (Å²) in [6.45, 7) is 2.95. The van der Waals surface area contributed by atoms with E-state index >= 15 is 0 Å². The van der Waals surface area contributed by atoms with Crippen molar-refractivity contribution in [3.63, 3.8) is 0 Å². The molecule has 94 valence electrons. The third-order valence-corrected chi connectivity index (χ3v) is 4.37. The quantitative estimate of drug-likeness (QED) is 0.753. The van der Waals surface area contributed by atoms with Crippen LogP contribution in [0.5, 0.6) is 0 Å². The zero-order valence-electron chi connectivity index (χ0n) is 10.9. The van der Waals surface area contributed by atoms with Crippen LogP contribution in [0.4, 0.5) is 0 Å². The number of carbonyl (C=O) groups is 1. The Morgan fingerprint density at radius 2 is 2.00 bits per heavy atom. The van der Waals surface area contributed by atoms with Crippen LogP contribution in [0.1, 0.15) is 45.4 Å².